The zero-order valence-corrected chi connectivity index (χ0v) is 11.1. The number of hydrogen-bond donors (Lipinski definition) is 2. The zero-order chi connectivity index (χ0) is 13.7. The summed E-state index contributed by atoms with van der Waals surface area (Å²) in [6, 6.07) is 7.58. The van der Waals surface area contributed by atoms with Crippen LogP contribution in [0.5, 0.6) is 0 Å². The van der Waals surface area contributed by atoms with Gasteiger partial charge in [0.2, 0.25) is 5.95 Å². The molecule has 0 amide bonds. The number of carboxylic acids is 1. The van der Waals surface area contributed by atoms with E-state index >= 15 is 0 Å². The van der Waals surface area contributed by atoms with Gasteiger partial charge in [-0.05, 0) is 18.6 Å². The van der Waals surface area contributed by atoms with Gasteiger partial charge in [0.15, 0.2) is 0 Å². The lowest BCUT2D eigenvalue weighted by atomic mass is 10.2. The van der Waals surface area contributed by atoms with Crippen LogP contribution < -0.4 is 5.32 Å². The van der Waals surface area contributed by atoms with E-state index in [9.17, 15) is 4.79 Å². The van der Waals surface area contributed by atoms with Crippen molar-refractivity contribution in [2.24, 2.45) is 0 Å². The second-order valence-electron chi connectivity index (χ2n) is 4.54. The molecule has 0 fully saturated rings. The Balaban J connectivity index is 2.22. The van der Waals surface area contributed by atoms with E-state index in [1.807, 2.05) is 24.3 Å². The quantitative estimate of drug-likeness (QED) is 0.752. The second kappa shape index (κ2) is 6.22. The van der Waals surface area contributed by atoms with Crippen LogP contribution in [0.3, 0.4) is 0 Å². The molecule has 0 aliphatic heterocycles. The summed E-state index contributed by atoms with van der Waals surface area (Å²) < 4.78 is 1.71. The highest BCUT2D eigenvalue weighted by atomic mass is 16.4. The van der Waals surface area contributed by atoms with Crippen molar-refractivity contribution in [3.05, 3.63) is 24.3 Å². The van der Waals surface area contributed by atoms with E-state index < -0.39 is 5.97 Å². The Kier molecular flexibility index (Phi) is 4.39. The molecule has 2 aromatic rings. The number of benzene rings is 1. The molecule has 0 saturated heterocycles. The highest BCUT2D eigenvalue weighted by molar-refractivity contribution is 5.81. The molecule has 0 unspecified atom stereocenters. The summed E-state index contributed by atoms with van der Waals surface area (Å²) in [7, 11) is 0. The Morgan fingerprint density at radius 3 is 2.89 bits per heavy atom. The highest BCUT2D eigenvalue weighted by Gasteiger charge is 2.12. The van der Waals surface area contributed by atoms with Crippen LogP contribution >= 0.6 is 0 Å². The summed E-state index contributed by atoms with van der Waals surface area (Å²) in [5.74, 6) is -0.223. The minimum atomic E-state index is -0.861. The van der Waals surface area contributed by atoms with E-state index in [1.165, 1.54) is 0 Å². The lowest BCUT2D eigenvalue weighted by Gasteiger charge is -2.08. The molecule has 0 bridgehead atoms. The largest absolute Gasteiger partial charge is 0.480 e. The number of aromatic nitrogens is 2. The molecule has 5 heteroatoms. The molecule has 1 aromatic carbocycles. The molecule has 0 aliphatic rings. The Morgan fingerprint density at radius 1 is 1.37 bits per heavy atom. The third kappa shape index (κ3) is 3.24. The number of fused-ring (bicyclic) bond motifs is 1. The maximum Gasteiger partial charge on any atom is 0.323 e. The molecule has 5 nitrogen and oxygen atoms in total. The van der Waals surface area contributed by atoms with E-state index in [1.54, 1.807) is 4.57 Å². The van der Waals surface area contributed by atoms with Crippen molar-refractivity contribution in [1.29, 1.82) is 0 Å². The Labute approximate surface area is 112 Å². The molecule has 1 aromatic heterocycles. The first-order valence-corrected chi connectivity index (χ1v) is 6.63. The molecular weight excluding hydrogens is 242 g/mol. The topological polar surface area (TPSA) is 67.2 Å². The first-order chi connectivity index (χ1) is 9.22. The van der Waals surface area contributed by atoms with Gasteiger partial charge in [0.05, 0.1) is 11.0 Å². The maximum atomic E-state index is 11.0. The number of nitrogens with one attached hydrogen (secondary N) is 1. The zero-order valence-electron chi connectivity index (χ0n) is 11.1. The van der Waals surface area contributed by atoms with Gasteiger partial charge in [-0.15, -0.1) is 0 Å². The van der Waals surface area contributed by atoms with Crippen molar-refractivity contribution in [2.45, 2.75) is 32.7 Å². The number of anilines is 1. The van der Waals surface area contributed by atoms with E-state index in [4.69, 9.17) is 5.11 Å². The number of rotatable bonds is 7. The number of hydrogen-bond acceptors (Lipinski definition) is 3. The molecular formula is C14H19N3O2. The van der Waals surface area contributed by atoms with Crippen molar-refractivity contribution in [3.63, 3.8) is 0 Å². The smallest absolute Gasteiger partial charge is 0.323 e. The number of unbranched alkanes of at least 4 members (excludes halogenated alkanes) is 2. The number of aliphatic carboxylic acids is 1. The van der Waals surface area contributed by atoms with Gasteiger partial charge < -0.3 is 10.4 Å². The fourth-order valence-corrected chi connectivity index (χ4v) is 2.08. The van der Waals surface area contributed by atoms with Gasteiger partial charge >= 0.3 is 5.97 Å². The van der Waals surface area contributed by atoms with E-state index in [0.717, 1.165) is 36.8 Å². The Bertz CT molecular complexity index is 563. The average Bonchev–Trinajstić information content (AvgIpc) is 2.73. The average molecular weight is 261 g/mol. The fraction of sp³-hybridized carbons (Fsp3) is 0.429. The van der Waals surface area contributed by atoms with Gasteiger partial charge in [0.25, 0.3) is 0 Å². The van der Waals surface area contributed by atoms with Crippen LogP contribution in [0.1, 0.15) is 26.2 Å². The molecule has 0 radical (unpaired) electrons. The van der Waals surface area contributed by atoms with Crippen molar-refractivity contribution in [3.8, 4) is 0 Å². The summed E-state index contributed by atoms with van der Waals surface area (Å²) >= 11 is 0. The second-order valence-corrected chi connectivity index (χ2v) is 4.54. The number of carboxylic acid groups (broad SMARTS) is 1. The molecule has 0 aliphatic carbocycles. The first-order valence-electron chi connectivity index (χ1n) is 6.63. The lowest BCUT2D eigenvalue weighted by Crippen LogP contribution is -2.13. The van der Waals surface area contributed by atoms with Gasteiger partial charge in [-0.1, -0.05) is 31.9 Å². The number of imidazole rings is 1. The van der Waals surface area contributed by atoms with Gasteiger partial charge in [0.1, 0.15) is 6.54 Å². The predicted molar refractivity (Wildman–Crippen MR) is 75.4 cm³/mol. The molecule has 0 spiro atoms. The minimum Gasteiger partial charge on any atom is -0.480 e. The first kappa shape index (κ1) is 13.4. The number of para-hydroxylation sites is 2. The van der Waals surface area contributed by atoms with Crippen LogP contribution in [0, 0.1) is 0 Å². The summed E-state index contributed by atoms with van der Waals surface area (Å²) in [5.41, 5.74) is 1.67. The van der Waals surface area contributed by atoms with E-state index in [2.05, 4.69) is 17.2 Å². The van der Waals surface area contributed by atoms with Crippen LogP contribution in [-0.2, 0) is 11.3 Å². The molecule has 2 N–H and O–H groups in total. The van der Waals surface area contributed by atoms with Crippen LogP contribution in [-0.4, -0.2) is 27.2 Å². The SMILES string of the molecule is CCCCCNc1nc2ccccc2n1CC(=O)O. The van der Waals surface area contributed by atoms with E-state index in [0.29, 0.717) is 5.95 Å². The monoisotopic (exact) mass is 261 g/mol. The van der Waals surface area contributed by atoms with Crippen molar-refractivity contribution < 1.29 is 9.90 Å². The lowest BCUT2D eigenvalue weighted by molar-refractivity contribution is -0.137. The fourth-order valence-electron chi connectivity index (χ4n) is 2.08. The highest BCUT2D eigenvalue weighted by Crippen LogP contribution is 2.19. The standard InChI is InChI=1S/C14H19N3O2/c1-2-3-6-9-15-14-16-11-7-4-5-8-12(11)17(14)10-13(18)19/h4-5,7-8H,2-3,6,9-10H2,1H3,(H,15,16)(H,18,19). The van der Waals surface area contributed by atoms with Crippen molar-refractivity contribution in [2.75, 3.05) is 11.9 Å². The van der Waals surface area contributed by atoms with Gasteiger partial charge in [-0.25, -0.2) is 4.98 Å². The number of nitrogens with zero attached hydrogens (tertiary/aromatic N) is 2. The van der Waals surface area contributed by atoms with Gasteiger partial charge in [-0.3, -0.25) is 9.36 Å². The van der Waals surface area contributed by atoms with Crippen LogP contribution in [0.25, 0.3) is 11.0 Å². The van der Waals surface area contributed by atoms with Crippen LogP contribution in [0.15, 0.2) is 24.3 Å². The minimum absolute atomic E-state index is 0.0728. The molecule has 1 heterocycles. The maximum absolute atomic E-state index is 11.0. The number of carbonyl (C=O) groups is 1. The normalized spacial score (nSPS) is 10.8. The summed E-state index contributed by atoms with van der Waals surface area (Å²) in [4.78, 5) is 15.4. The summed E-state index contributed by atoms with van der Waals surface area (Å²) in [6.45, 7) is 2.90. The molecule has 2 rings (SSSR count). The van der Waals surface area contributed by atoms with E-state index in [-0.39, 0.29) is 6.54 Å². The third-order valence-electron chi connectivity index (χ3n) is 3.01. The van der Waals surface area contributed by atoms with Gasteiger partial charge in [-0.2, -0.15) is 0 Å². The summed E-state index contributed by atoms with van der Waals surface area (Å²) in [5, 5.41) is 12.2. The molecule has 19 heavy (non-hydrogen) atoms. The molecule has 0 atom stereocenters. The van der Waals surface area contributed by atoms with Crippen molar-refractivity contribution >= 4 is 23.0 Å². The summed E-state index contributed by atoms with van der Waals surface area (Å²) in [6.07, 6.45) is 3.38. The van der Waals surface area contributed by atoms with Crippen LogP contribution in [0.4, 0.5) is 5.95 Å². The Morgan fingerprint density at radius 2 is 2.16 bits per heavy atom. The molecule has 0 saturated carbocycles. The third-order valence-corrected chi connectivity index (χ3v) is 3.01. The van der Waals surface area contributed by atoms with Gasteiger partial charge in [0, 0.05) is 6.54 Å². The van der Waals surface area contributed by atoms with Crippen molar-refractivity contribution in [1.82, 2.24) is 9.55 Å². The van der Waals surface area contributed by atoms with Crippen LogP contribution in [0.2, 0.25) is 0 Å². The Hall–Kier alpha value is -2.04. The predicted octanol–water partition coefficient (Wildman–Crippen LogP) is 2.72. The molecule has 102 valence electrons.